The number of aromatic amines is 1. The molecule has 1 aromatic carbocycles. The summed E-state index contributed by atoms with van der Waals surface area (Å²) in [4.78, 5) is 12.0. The molecule has 1 amide bonds. The average Bonchev–Trinajstić information content (AvgIpc) is 2.73. The molecule has 0 aliphatic heterocycles. The van der Waals surface area contributed by atoms with Gasteiger partial charge in [0.2, 0.25) is 0 Å². The Morgan fingerprint density at radius 2 is 2.00 bits per heavy atom. The van der Waals surface area contributed by atoms with E-state index in [0.717, 1.165) is 5.69 Å². The first kappa shape index (κ1) is 14.0. The minimum Gasteiger partial charge on any atom is -0.481 e. The minimum atomic E-state index is -0.700. The number of nitrogens with one attached hydrogen (secondary N) is 2. The Balaban J connectivity index is 2.00. The van der Waals surface area contributed by atoms with Gasteiger partial charge in [0.05, 0.1) is 17.1 Å². The van der Waals surface area contributed by atoms with Crippen LogP contribution in [0.5, 0.6) is 5.75 Å². The number of rotatable bonds is 4. The summed E-state index contributed by atoms with van der Waals surface area (Å²) in [7, 11) is 0. The molecule has 2 N–H and O–H groups in total. The lowest BCUT2D eigenvalue weighted by atomic mass is 10.3. The second-order valence-corrected chi connectivity index (χ2v) is 4.51. The summed E-state index contributed by atoms with van der Waals surface area (Å²) in [5.74, 6) is -0.198. The summed E-state index contributed by atoms with van der Waals surface area (Å²) < 4.78 is 18.2. The summed E-state index contributed by atoms with van der Waals surface area (Å²) in [6.07, 6.45) is -0.700. The third kappa shape index (κ3) is 3.14. The van der Waals surface area contributed by atoms with Gasteiger partial charge < -0.3 is 10.1 Å². The maximum atomic E-state index is 12.8. The van der Waals surface area contributed by atoms with Crippen LogP contribution in [-0.2, 0) is 4.79 Å². The summed E-state index contributed by atoms with van der Waals surface area (Å²) in [5.41, 5.74) is 2.15. The fraction of sp³-hybridized carbons (Fsp3) is 0.286. The molecule has 1 aromatic heterocycles. The topological polar surface area (TPSA) is 67.0 Å². The van der Waals surface area contributed by atoms with Gasteiger partial charge in [0.15, 0.2) is 6.10 Å². The van der Waals surface area contributed by atoms with E-state index < -0.39 is 6.10 Å². The van der Waals surface area contributed by atoms with Crippen LogP contribution >= 0.6 is 0 Å². The highest BCUT2D eigenvalue weighted by molar-refractivity contribution is 5.95. The highest BCUT2D eigenvalue weighted by Crippen LogP contribution is 2.18. The molecule has 2 aromatic rings. The molecule has 1 atom stereocenters. The van der Waals surface area contributed by atoms with E-state index in [2.05, 4.69) is 15.5 Å². The molecule has 0 bridgehead atoms. The Bertz CT molecular complexity index is 588. The third-order valence-electron chi connectivity index (χ3n) is 2.87. The second kappa shape index (κ2) is 5.73. The maximum absolute atomic E-state index is 12.8. The SMILES string of the molecule is Cc1n[nH]c(C)c1NC(=O)C(C)Oc1ccc(F)cc1. The third-order valence-corrected chi connectivity index (χ3v) is 2.87. The van der Waals surface area contributed by atoms with Crippen molar-refractivity contribution in [2.45, 2.75) is 26.9 Å². The number of halogens is 1. The molecule has 1 unspecified atom stereocenters. The smallest absolute Gasteiger partial charge is 0.265 e. The van der Waals surface area contributed by atoms with Crippen molar-refractivity contribution in [3.8, 4) is 5.75 Å². The Labute approximate surface area is 116 Å². The van der Waals surface area contributed by atoms with Crippen molar-refractivity contribution in [2.24, 2.45) is 0 Å². The molecule has 0 spiro atoms. The van der Waals surface area contributed by atoms with Gasteiger partial charge in [-0.25, -0.2) is 4.39 Å². The monoisotopic (exact) mass is 277 g/mol. The van der Waals surface area contributed by atoms with Crippen molar-refractivity contribution in [1.82, 2.24) is 10.2 Å². The van der Waals surface area contributed by atoms with E-state index in [4.69, 9.17) is 4.74 Å². The van der Waals surface area contributed by atoms with E-state index in [-0.39, 0.29) is 11.7 Å². The first-order chi connectivity index (χ1) is 9.47. The van der Waals surface area contributed by atoms with Gasteiger partial charge >= 0.3 is 0 Å². The highest BCUT2D eigenvalue weighted by atomic mass is 19.1. The predicted octanol–water partition coefficient (Wildman–Crippen LogP) is 2.57. The number of carbonyl (C=O) groups is 1. The number of H-pyrrole nitrogens is 1. The van der Waals surface area contributed by atoms with Crippen LogP contribution in [0.1, 0.15) is 18.3 Å². The van der Waals surface area contributed by atoms with Crippen LogP contribution in [0.3, 0.4) is 0 Å². The van der Waals surface area contributed by atoms with Gasteiger partial charge in [-0.3, -0.25) is 9.89 Å². The van der Waals surface area contributed by atoms with Crippen LogP contribution in [0.2, 0.25) is 0 Å². The van der Waals surface area contributed by atoms with E-state index in [9.17, 15) is 9.18 Å². The molecule has 0 saturated heterocycles. The van der Waals surface area contributed by atoms with Crippen LogP contribution in [-0.4, -0.2) is 22.2 Å². The number of aromatic nitrogens is 2. The summed E-state index contributed by atoms with van der Waals surface area (Å²) in [6, 6.07) is 5.52. The number of aryl methyl sites for hydroxylation is 2. The standard InChI is InChI=1S/C14H16FN3O2/c1-8-13(9(2)18-17-8)16-14(19)10(3)20-12-6-4-11(15)5-7-12/h4-7,10H,1-3H3,(H,16,19)(H,17,18). The number of anilines is 1. The van der Waals surface area contributed by atoms with Gasteiger partial charge in [0, 0.05) is 0 Å². The molecule has 2 rings (SSSR count). The number of amides is 1. The lowest BCUT2D eigenvalue weighted by Crippen LogP contribution is -2.30. The van der Waals surface area contributed by atoms with Crippen LogP contribution in [0.4, 0.5) is 10.1 Å². The summed E-state index contributed by atoms with van der Waals surface area (Å²) in [6.45, 7) is 5.25. The Morgan fingerprint density at radius 3 is 2.55 bits per heavy atom. The predicted molar refractivity (Wildman–Crippen MR) is 73.2 cm³/mol. The Kier molecular flexibility index (Phi) is 4.02. The lowest BCUT2D eigenvalue weighted by Gasteiger charge is -2.14. The number of ether oxygens (including phenoxy) is 1. The van der Waals surface area contributed by atoms with Crippen LogP contribution < -0.4 is 10.1 Å². The molecule has 0 fully saturated rings. The zero-order valence-corrected chi connectivity index (χ0v) is 11.5. The number of nitrogens with zero attached hydrogens (tertiary/aromatic N) is 1. The van der Waals surface area contributed by atoms with Crippen molar-refractivity contribution in [2.75, 3.05) is 5.32 Å². The first-order valence-electron chi connectivity index (χ1n) is 6.22. The number of hydrogen-bond donors (Lipinski definition) is 2. The average molecular weight is 277 g/mol. The van der Waals surface area contributed by atoms with Gasteiger partial charge in [0.25, 0.3) is 5.91 Å². The van der Waals surface area contributed by atoms with Gasteiger partial charge in [-0.05, 0) is 45.0 Å². The van der Waals surface area contributed by atoms with Crippen molar-refractivity contribution < 1.29 is 13.9 Å². The van der Waals surface area contributed by atoms with Gasteiger partial charge in [-0.2, -0.15) is 5.10 Å². The number of hydrogen-bond acceptors (Lipinski definition) is 3. The largest absolute Gasteiger partial charge is 0.481 e. The molecule has 0 saturated carbocycles. The van der Waals surface area contributed by atoms with Crippen LogP contribution in [0.15, 0.2) is 24.3 Å². The Morgan fingerprint density at radius 1 is 1.35 bits per heavy atom. The summed E-state index contributed by atoms with van der Waals surface area (Å²) >= 11 is 0. The number of benzene rings is 1. The first-order valence-corrected chi connectivity index (χ1v) is 6.22. The number of carbonyl (C=O) groups excluding carboxylic acids is 1. The zero-order chi connectivity index (χ0) is 14.7. The quantitative estimate of drug-likeness (QED) is 0.902. The zero-order valence-electron chi connectivity index (χ0n) is 11.5. The molecule has 0 aliphatic carbocycles. The molecule has 106 valence electrons. The molecule has 1 heterocycles. The van der Waals surface area contributed by atoms with Gasteiger partial charge in [-0.15, -0.1) is 0 Å². The molecular formula is C14H16FN3O2. The van der Waals surface area contributed by atoms with E-state index in [0.29, 0.717) is 17.1 Å². The molecule has 0 radical (unpaired) electrons. The van der Waals surface area contributed by atoms with Crippen molar-refractivity contribution in [3.05, 3.63) is 41.5 Å². The molecular weight excluding hydrogens is 261 g/mol. The van der Waals surface area contributed by atoms with Crippen molar-refractivity contribution >= 4 is 11.6 Å². The van der Waals surface area contributed by atoms with Gasteiger partial charge in [0.1, 0.15) is 11.6 Å². The van der Waals surface area contributed by atoms with Crippen molar-refractivity contribution in [1.29, 1.82) is 0 Å². The molecule has 6 heteroatoms. The Hall–Kier alpha value is -2.37. The van der Waals surface area contributed by atoms with E-state index in [1.54, 1.807) is 13.8 Å². The van der Waals surface area contributed by atoms with Crippen LogP contribution in [0, 0.1) is 19.7 Å². The molecule has 0 aliphatic rings. The summed E-state index contributed by atoms with van der Waals surface area (Å²) in [5, 5.41) is 9.55. The van der Waals surface area contributed by atoms with Crippen molar-refractivity contribution in [3.63, 3.8) is 0 Å². The van der Waals surface area contributed by atoms with E-state index in [1.165, 1.54) is 24.3 Å². The normalized spacial score (nSPS) is 12.0. The van der Waals surface area contributed by atoms with E-state index in [1.807, 2.05) is 6.92 Å². The van der Waals surface area contributed by atoms with Crippen LogP contribution in [0.25, 0.3) is 0 Å². The minimum absolute atomic E-state index is 0.290. The molecule has 5 nitrogen and oxygen atoms in total. The van der Waals surface area contributed by atoms with E-state index >= 15 is 0 Å². The molecule has 20 heavy (non-hydrogen) atoms. The fourth-order valence-corrected chi connectivity index (χ4v) is 1.73. The second-order valence-electron chi connectivity index (χ2n) is 4.51. The highest BCUT2D eigenvalue weighted by Gasteiger charge is 2.17. The van der Waals surface area contributed by atoms with Gasteiger partial charge in [-0.1, -0.05) is 0 Å². The fourth-order valence-electron chi connectivity index (χ4n) is 1.73. The maximum Gasteiger partial charge on any atom is 0.265 e. The lowest BCUT2D eigenvalue weighted by molar-refractivity contribution is -0.122.